The Morgan fingerprint density at radius 1 is 1.24 bits per heavy atom. The van der Waals surface area contributed by atoms with E-state index >= 15 is 0 Å². The van der Waals surface area contributed by atoms with Crippen molar-refractivity contribution in [2.75, 3.05) is 13.2 Å². The highest BCUT2D eigenvalue weighted by atomic mass is 16.5. The Labute approximate surface area is 102 Å². The topological polar surface area (TPSA) is 58.6 Å². The highest BCUT2D eigenvalue weighted by Gasteiger charge is 2.57. The fourth-order valence-electron chi connectivity index (χ4n) is 4.34. The average molecular weight is 239 g/mol. The van der Waals surface area contributed by atoms with Crippen LogP contribution in [0.25, 0.3) is 0 Å². The van der Waals surface area contributed by atoms with E-state index in [2.05, 4.69) is 5.32 Å². The zero-order valence-corrected chi connectivity index (χ0v) is 10.2. The molecule has 3 rings (SSSR count). The maximum atomic E-state index is 11.5. The summed E-state index contributed by atoms with van der Waals surface area (Å²) in [5.41, 5.74) is -0.0326. The fourth-order valence-corrected chi connectivity index (χ4v) is 4.34. The quantitative estimate of drug-likeness (QED) is 0.726. The van der Waals surface area contributed by atoms with Crippen molar-refractivity contribution < 1.29 is 14.6 Å². The maximum Gasteiger partial charge on any atom is 0.321 e. The van der Waals surface area contributed by atoms with Crippen molar-refractivity contribution >= 4 is 5.97 Å². The maximum absolute atomic E-state index is 11.5. The smallest absolute Gasteiger partial charge is 0.321 e. The molecule has 2 N–H and O–H groups in total. The summed E-state index contributed by atoms with van der Waals surface area (Å²) in [5.74, 6) is -0.109. The largest absolute Gasteiger partial charge is 0.480 e. The number of carboxylic acids is 1. The predicted molar refractivity (Wildman–Crippen MR) is 62.8 cm³/mol. The standard InChI is InChI=1S/C13H21NO3/c15-12(16)11-13(5-7-17-8-6-13)9-3-1-2-4-10(9)14-11/h9-11,14H,1-8H2,(H,15,16). The van der Waals surface area contributed by atoms with Gasteiger partial charge in [0.1, 0.15) is 6.04 Å². The summed E-state index contributed by atoms with van der Waals surface area (Å²) < 4.78 is 5.44. The molecule has 2 saturated heterocycles. The number of nitrogens with one attached hydrogen (secondary N) is 1. The van der Waals surface area contributed by atoms with Gasteiger partial charge >= 0.3 is 5.97 Å². The molecule has 0 bridgehead atoms. The van der Waals surface area contributed by atoms with E-state index in [0.717, 1.165) is 32.5 Å². The summed E-state index contributed by atoms with van der Waals surface area (Å²) in [4.78, 5) is 11.5. The number of rotatable bonds is 1. The molecule has 3 fully saturated rings. The molecule has 17 heavy (non-hydrogen) atoms. The lowest BCUT2D eigenvalue weighted by Gasteiger charge is -2.43. The van der Waals surface area contributed by atoms with Crippen molar-refractivity contribution in [3.05, 3.63) is 0 Å². The summed E-state index contributed by atoms with van der Waals surface area (Å²) in [6.45, 7) is 1.46. The van der Waals surface area contributed by atoms with Crippen molar-refractivity contribution in [1.29, 1.82) is 0 Å². The summed E-state index contributed by atoms with van der Waals surface area (Å²) >= 11 is 0. The predicted octanol–water partition coefficient (Wildman–Crippen LogP) is 1.40. The van der Waals surface area contributed by atoms with Crippen LogP contribution in [0.5, 0.6) is 0 Å². The van der Waals surface area contributed by atoms with E-state index in [9.17, 15) is 9.90 Å². The Kier molecular flexibility index (Phi) is 2.87. The molecule has 96 valence electrons. The van der Waals surface area contributed by atoms with Gasteiger partial charge < -0.3 is 15.2 Å². The van der Waals surface area contributed by atoms with E-state index in [1.807, 2.05) is 0 Å². The number of carboxylic acid groups (broad SMARTS) is 1. The van der Waals surface area contributed by atoms with E-state index in [1.54, 1.807) is 0 Å². The van der Waals surface area contributed by atoms with Crippen LogP contribution in [0.15, 0.2) is 0 Å². The third kappa shape index (κ3) is 1.69. The minimum absolute atomic E-state index is 0.0326. The molecular weight excluding hydrogens is 218 g/mol. The van der Waals surface area contributed by atoms with Gasteiger partial charge in [-0.3, -0.25) is 4.79 Å². The molecule has 1 aliphatic carbocycles. The average Bonchev–Trinajstić information content (AvgIpc) is 2.66. The van der Waals surface area contributed by atoms with Crippen LogP contribution in [0.3, 0.4) is 0 Å². The molecule has 3 unspecified atom stereocenters. The van der Waals surface area contributed by atoms with Crippen molar-refractivity contribution in [3.63, 3.8) is 0 Å². The van der Waals surface area contributed by atoms with E-state index < -0.39 is 5.97 Å². The second kappa shape index (κ2) is 4.25. The van der Waals surface area contributed by atoms with Crippen LogP contribution in [-0.4, -0.2) is 36.4 Å². The van der Waals surface area contributed by atoms with Gasteiger partial charge in [-0.1, -0.05) is 12.8 Å². The summed E-state index contributed by atoms with van der Waals surface area (Å²) in [6, 6.07) is 0.0856. The number of fused-ring (bicyclic) bond motifs is 2. The van der Waals surface area contributed by atoms with Crippen LogP contribution in [0.2, 0.25) is 0 Å². The van der Waals surface area contributed by atoms with Crippen LogP contribution in [0, 0.1) is 11.3 Å². The molecule has 2 heterocycles. The lowest BCUT2D eigenvalue weighted by atomic mass is 9.63. The summed E-state index contributed by atoms with van der Waals surface area (Å²) in [7, 11) is 0. The summed E-state index contributed by atoms with van der Waals surface area (Å²) in [6.07, 6.45) is 6.68. The fraction of sp³-hybridized carbons (Fsp3) is 0.923. The van der Waals surface area contributed by atoms with Crippen molar-refractivity contribution in [2.45, 2.75) is 50.6 Å². The Morgan fingerprint density at radius 2 is 1.94 bits per heavy atom. The third-order valence-electron chi connectivity index (χ3n) is 5.13. The molecule has 1 saturated carbocycles. The molecular formula is C13H21NO3. The molecule has 0 aromatic carbocycles. The highest BCUT2D eigenvalue weighted by Crippen LogP contribution is 2.52. The first-order chi connectivity index (χ1) is 8.24. The third-order valence-corrected chi connectivity index (χ3v) is 5.13. The highest BCUT2D eigenvalue weighted by molar-refractivity contribution is 5.75. The monoisotopic (exact) mass is 239 g/mol. The van der Waals surface area contributed by atoms with E-state index in [4.69, 9.17) is 4.74 Å². The molecule has 4 nitrogen and oxygen atoms in total. The first-order valence-corrected chi connectivity index (χ1v) is 6.81. The van der Waals surface area contributed by atoms with Crippen molar-refractivity contribution in [3.8, 4) is 0 Å². The first kappa shape index (κ1) is 11.5. The van der Waals surface area contributed by atoms with Crippen LogP contribution < -0.4 is 5.32 Å². The molecule has 4 heteroatoms. The minimum Gasteiger partial charge on any atom is -0.480 e. The van der Waals surface area contributed by atoms with Gasteiger partial charge in [0.25, 0.3) is 0 Å². The Hall–Kier alpha value is -0.610. The zero-order chi connectivity index (χ0) is 11.9. The first-order valence-electron chi connectivity index (χ1n) is 6.81. The molecule has 0 aromatic heterocycles. The van der Waals surface area contributed by atoms with Gasteiger partial charge in [-0.2, -0.15) is 0 Å². The number of carbonyl (C=O) groups is 1. The van der Waals surface area contributed by atoms with Gasteiger partial charge in [0, 0.05) is 24.7 Å². The molecule has 3 atom stereocenters. The van der Waals surface area contributed by atoms with Gasteiger partial charge in [0.2, 0.25) is 0 Å². The van der Waals surface area contributed by atoms with Gasteiger partial charge in [0.15, 0.2) is 0 Å². The van der Waals surface area contributed by atoms with Crippen LogP contribution in [0.1, 0.15) is 38.5 Å². The van der Waals surface area contributed by atoms with Gasteiger partial charge in [0.05, 0.1) is 0 Å². The van der Waals surface area contributed by atoms with E-state index in [0.29, 0.717) is 12.0 Å². The molecule has 0 radical (unpaired) electrons. The van der Waals surface area contributed by atoms with Crippen molar-refractivity contribution in [2.24, 2.45) is 11.3 Å². The van der Waals surface area contributed by atoms with E-state index in [1.165, 1.54) is 19.3 Å². The number of hydrogen-bond acceptors (Lipinski definition) is 3. The van der Waals surface area contributed by atoms with Gasteiger partial charge in [-0.15, -0.1) is 0 Å². The SMILES string of the molecule is O=C(O)C1NC2CCCCC2C12CCOCC2. The Morgan fingerprint density at radius 3 is 2.65 bits per heavy atom. The molecule has 2 aliphatic heterocycles. The second-order valence-electron chi connectivity index (χ2n) is 5.78. The number of aliphatic carboxylic acids is 1. The van der Waals surface area contributed by atoms with E-state index in [-0.39, 0.29) is 11.5 Å². The lowest BCUT2D eigenvalue weighted by molar-refractivity contribution is -0.145. The molecule has 3 aliphatic rings. The second-order valence-corrected chi connectivity index (χ2v) is 5.78. The van der Waals surface area contributed by atoms with Gasteiger partial charge in [-0.05, 0) is 31.6 Å². The zero-order valence-electron chi connectivity index (χ0n) is 10.2. The lowest BCUT2D eigenvalue weighted by Crippen LogP contribution is -2.48. The van der Waals surface area contributed by atoms with Crippen LogP contribution >= 0.6 is 0 Å². The molecule has 0 amide bonds. The molecule has 0 aromatic rings. The Bertz CT molecular complexity index is 312. The van der Waals surface area contributed by atoms with Crippen LogP contribution in [0.4, 0.5) is 0 Å². The van der Waals surface area contributed by atoms with Crippen LogP contribution in [-0.2, 0) is 9.53 Å². The number of ether oxygens (including phenoxy) is 1. The minimum atomic E-state index is -0.665. The molecule has 1 spiro atoms. The summed E-state index contributed by atoms with van der Waals surface area (Å²) in [5, 5.41) is 12.9. The van der Waals surface area contributed by atoms with Gasteiger partial charge in [-0.25, -0.2) is 0 Å². The number of hydrogen-bond donors (Lipinski definition) is 2. The normalized spacial score (nSPS) is 40.1. The van der Waals surface area contributed by atoms with Crippen molar-refractivity contribution in [1.82, 2.24) is 5.32 Å². The Balaban J connectivity index is 1.91.